The van der Waals surface area contributed by atoms with Crippen molar-refractivity contribution in [3.8, 4) is 0 Å². The van der Waals surface area contributed by atoms with E-state index < -0.39 is 0 Å². The molecule has 0 saturated carbocycles. The number of ether oxygens (including phenoxy) is 1. The number of guanidine groups is 1. The first-order valence-corrected chi connectivity index (χ1v) is 11.3. The van der Waals surface area contributed by atoms with Gasteiger partial charge in [-0.05, 0) is 37.4 Å². The number of benzene rings is 1. The van der Waals surface area contributed by atoms with Crippen molar-refractivity contribution in [1.82, 2.24) is 20.0 Å². The summed E-state index contributed by atoms with van der Waals surface area (Å²) in [7, 11) is 1.91. The predicted octanol–water partition coefficient (Wildman–Crippen LogP) is 2.50. The van der Waals surface area contributed by atoms with E-state index in [4.69, 9.17) is 4.74 Å². The summed E-state index contributed by atoms with van der Waals surface area (Å²) >= 11 is 0. The van der Waals surface area contributed by atoms with Crippen molar-refractivity contribution < 1.29 is 4.74 Å². The zero-order valence-electron chi connectivity index (χ0n) is 18.5. The minimum absolute atomic E-state index is 0. The molecule has 1 aromatic carbocycles. The Bertz CT molecular complexity index is 673. The van der Waals surface area contributed by atoms with Crippen molar-refractivity contribution >= 4 is 29.9 Å². The molecule has 3 fully saturated rings. The first-order valence-electron chi connectivity index (χ1n) is 11.3. The van der Waals surface area contributed by atoms with Crippen LogP contribution in [0.1, 0.15) is 25.3 Å². The first kappa shape index (κ1) is 23.8. The molecule has 3 unspecified atom stereocenters. The average molecular weight is 527 g/mol. The van der Waals surface area contributed by atoms with Gasteiger partial charge in [-0.3, -0.25) is 9.89 Å². The second kappa shape index (κ2) is 11.6. The third-order valence-electron chi connectivity index (χ3n) is 6.61. The lowest BCUT2D eigenvalue weighted by atomic mass is 10.1. The molecular weight excluding hydrogens is 489 g/mol. The summed E-state index contributed by atoms with van der Waals surface area (Å²) in [4.78, 5) is 12.2. The second-order valence-corrected chi connectivity index (χ2v) is 8.72. The van der Waals surface area contributed by atoms with Gasteiger partial charge >= 0.3 is 0 Å². The standard InChI is InChI=1S/C23H37N5O.HI/c1-3-10-26-11-9-20(15-26)14-25-23(24-2)28-17-21-22(18-28)29-13-12-27(21)16-19-7-5-4-6-8-19;/h4-8,20-22H,3,9-18H2,1-2H3,(H,24,25);1H. The molecule has 3 heterocycles. The first-order chi connectivity index (χ1) is 14.3. The number of aliphatic imine (C=N–C) groups is 1. The quantitative estimate of drug-likeness (QED) is 0.350. The maximum absolute atomic E-state index is 6.14. The summed E-state index contributed by atoms with van der Waals surface area (Å²) in [6, 6.07) is 11.2. The molecule has 7 heteroatoms. The fourth-order valence-electron chi connectivity index (χ4n) is 5.11. The van der Waals surface area contributed by atoms with Crippen LogP contribution in [0, 0.1) is 5.92 Å². The van der Waals surface area contributed by atoms with E-state index in [0.29, 0.717) is 6.04 Å². The molecule has 3 atom stereocenters. The summed E-state index contributed by atoms with van der Waals surface area (Å²) in [5.74, 6) is 1.77. The SMILES string of the molecule is CCCN1CCC(CNC(=NC)N2CC3OCCN(Cc4ccccc4)C3C2)C1.I. The number of fused-ring (bicyclic) bond motifs is 1. The molecule has 0 bridgehead atoms. The molecule has 4 rings (SSSR count). The van der Waals surface area contributed by atoms with Crippen molar-refractivity contribution in [3.05, 3.63) is 35.9 Å². The highest BCUT2D eigenvalue weighted by atomic mass is 127. The lowest BCUT2D eigenvalue weighted by Gasteiger charge is -2.36. The van der Waals surface area contributed by atoms with Gasteiger partial charge < -0.3 is 19.9 Å². The van der Waals surface area contributed by atoms with Crippen molar-refractivity contribution in [2.24, 2.45) is 10.9 Å². The molecule has 6 nitrogen and oxygen atoms in total. The maximum atomic E-state index is 6.14. The minimum atomic E-state index is 0. The Balaban J connectivity index is 0.00000256. The predicted molar refractivity (Wildman–Crippen MR) is 134 cm³/mol. The number of nitrogens with zero attached hydrogens (tertiary/aromatic N) is 4. The van der Waals surface area contributed by atoms with E-state index in [1.807, 2.05) is 7.05 Å². The average Bonchev–Trinajstić information content (AvgIpc) is 3.37. The van der Waals surface area contributed by atoms with Crippen LogP contribution in [0.25, 0.3) is 0 Å². The Labute approximate surface area is 199 Å². The van der Waals surface area contributed by atoms with Gasteiger partial charge in [-0.25, -0.2) is 0 Å². The Hall–Kier alpha value is -0.900. The van der Waals surface area contributed by atoms with Gasteiger partial charge in [0.1, 0.15) is 0 Å². The van der Waals surface area contributed by atoms with Crippen LogP contribution in [-0.4, -0.2) is 92.3 Å². The maximum Gasteiger partial charge on any atom is 0.193 e. The molecule has 1 N–H and O–H groups in total. The summed E-state index contributed by atoms with van der Waals surface area (Å²) in [6.07, 6.45) is 2.82. The molecule has 0 spiro atoms. The van der Waals surface area contributed by atoms with Crippen molar-refractivity contribution in [2.45, 2.75) is 38.5 Å². The van der Waals surface area contributed by atoms with Crippen LogP contribution in [-0.2, 0) is 11.3 Å². The summed E-state index contributed by atoms with van der Waals surface area (Å²) in [5, 5.41) is 3.67. The number of nitrogens with one attached hydrogen (secondary N) is 1. The van der Waals surface area contributed by atoms with Gasteiger partial charge in [0, 0.05) is 46.3 Å². The van der Waals surface area contributed by atoms with Crippen LogP contribution in [0.5, 0.6) is 0 Å². The Kier molecular flexibility index (Phi) is 9.22. The molecule has 0 aromatic heterocycles. The van der Waals surface area contributed by atoms with Gasteiger partial charge in [-0.2, -0.15) is 0 Å². The van der Waals surface area contributed by atoms with Crippen LogP contribution < -0.4 is 5.32 Å². The number of halogens is 1. The van der Waals surface area contributed by atoms with Crippen LogP contribution in [0.4, 0.5) is 0 Å². The molecule has 3 aliphatic heterocycles. The number of morpholine rings is 1. The van der Waals surface area contributed by atoms with E-state index in [9.17, 15) is 0 Å². The van der Waals surface area contributed by atoms with Gasteiger partial charge in [0.25, 0.3) is 0 Å². The molecule has 0 radical (unpaired) electrons. The molecule has 3 aliphatic rings. The smallest absolute Gasteiger partial charge is 0.193 e. The van der Waals surface area contributed by atoms with E-state index in [-0.39, 0.29) is 30.1 Å². The van der Waals surface area contributed by atoms with Crippen LogP contribution in [0.15, 0.2) is 35.3 Å². The highest BCUT2D eigenvalue weighted by Crippen LogP contribution is 2.25. The van der Waals surface area contributed by atoms with Crippen molar-refractivity contribution in [1.29, 1.82) is 0 Å². The van der Waals surface area contributed by atoms with Gasteiger partial charge in [0.15, 0.2) is 5.96 Å². The molecule has 30 heavy (non-hydrogen) atoms. The Morgan fingerprint density at radius 1 is 1.17 bits per heavy atom. The van der Waals surface area contributed by atoms with Crippen LogP contribution >= 0.6 is 24.0 Å². The van der Waals surface area contributed by atoms with E-state index in [1.165, 1.54) is 38.0 Å². The molecule has 3 saturated heterocycles. The van der Waals surface area contributed by atoms with Crippen LogP contribution in [0.2, 0.25) is 0 Å². The normalized spacial score (nSPS) is 27.7. The third kappa shape index (κ3) is 5.87. The van der Waals surface area contributed by atoms with Crippen molar-refractivity contribution in [3.63, 3.8) is 0 Å². The number of hydrogen-bond acceptors (Lipinski definition) is 4. The van der Waals surface area contributed by atoms with E-state index in [1.54, 1.807) is 0 Å². The van der Waals surface area contributed by atoms with Crippen LogP contribution in [0.3, 0.4) is 0 Å². The number of rotatable bonds is 6. The van der Waals surface area contributed by atoms with Gasteiger partial charge in [0.05, 0.1) is 18.8 Å². The van der Waals surface area contributed by atoms with E-state index >= 15 is 0 Å². The Morgan fingerprint density at radius 2 is 2.00 bits per heavy atom. The highest BCUT2D eigenvalue weighted by Gasteiger charge is 2.41. The fourth-order valence-corrected chi connectivity index (χ4v) is 5.11. The Morgan fingerprint density at radius 3 is 2.77 bits per heavy atom. The zero-order chi connectivity index (χ0) is 20.1. The van der Waals surface area contributed by atoms with E-state index in [2.05, 4.69) is 62.3 Å². The number of likely N-dealkylation sites (tertiary alicyclic amines) is 2. The molecular formula is C23H38IN5O. The van der Waals surface area contributed by atoms with Gasteiger partial charge in [0.2, 0.25) is 0 Å². The second-order valence-electron chi connectivity index (χ2n) is 8.72. The molecule has 0 amide bonds. The fraction of sp³-hybridized carbons (Fsp3) is 0.696. The number of hydrogen-bond donors (Lipinski definition) is 1. The molecule has 168 valence electrons. The van der Waals surface area contributed by atoms with Gasteiger partial charge in [-0.15, -0.1) is 24.0 Å². The lowest BCUT2D eigenvalue weighted by Crippen LogP contribution is -2.50. The summed E-state index contributed by atoms with van der Waals surface area (Å²) in [6.45, 7) is 11.7. The van der Waals surface area contributed by atoms with E-state index in [0.717, 1.165) is 51.2 Å². The monoisotopic (exact) mass is 527 g/mol. The largest absolute Gasteiger partial charge is 0.373 e. The van der Waals surface area contributed by atoms with Gasteiger partial charge in [-0.1, -0.05) is 37.3 Å². The summed E-state index contributed by atoms with van der Waals surface area (Å²) < 4.78 is 6.14. The van der Waals surface area contributed by atoms with Crippen molar-refractivity contribution in [2.75, 3.05) is 59.5 Å². The third-order valence-corrected chi connectivity index (χ3v) is 6.61. The summed E-state index contributed by atoms with van der Waals surface area (Å²) in [5.41, 5.74) is 1.38. The zero-order valence-corrected chi connectivity index (χ0v) is 20.8. The lowest BCUT2D eigenvalue weighted by molar-refractivity contribution is -0.0502. The molecule has 1 aromatic rings. The topological polar surface area (TPSA) is 43.3 Å². The molecule has 0 aliphatic carbocycles. The highest BCUT2D eigenvalue weighted by molar-refractivity contribution is 14.0. The minimum Gasteiger partial charge on any atom is -0.373 e.